The largest absolute Gasteiger partial charge is 0.126 e. The van der Waals surface area contributed by atoms with Crippen LogP contribution in [0.25, 0.3) is 0 Å². The van der Waals surface area contributed by atoms with Crippen molar-refractivity contribution >= 4 is 11.6 Å². The maximum absolute atomic E-state index is 6.30. The van der Waals surface area contributed by atoms with Crippen molar-refractivity contribution in [2.75, 3.05) is 5.88 Å². The van der Waals surface area contributed by atoms with Crippen LogP contribution in [0, 0.1) is 23.2 Å². The fourth-order valence-corrected chi connectivity index (χ4v) is 4.75. The number of alkyl halides is 1. The summed E-state index contributed by atoms with van der Waals surface area (Å²) in [5.41, 5.74) is 0.541. The Morgan fingerprint density at radius 2 is 2.20 bits per heavy atom. The molecule has 2 saturated carbocycles. The Bertz CT molecular complexity index is 213. The lowest BCUT2D eigenvalue weighted by Crippen LogP contribution is -2.31. The molecular weight excluding hydrogens is 204 g/mol. The monoisotopic (exact) mass is 228 g/mol. The van der Waals surface area contributed by atoms with E-state index in [1.807, 2.05) is 0 Å². The van der Waals surface area contributed by atoms with Gasteiger partial charge in [-0.2, -0.15) is 0 Å². The van der Waals surface area contributed by atoms with Crippen molar-refractivity contribution in [2.24, 2.45) is 23.2 Å². The molecule has 0 radical (unpaired) electrons. The highest BCUT2D eigenvalue weighted by atomic mass is 35.5. The second-order valence-electron chi connectivity index (χ2n) is 6.17. The predicted octanol–water partition coefficient (Wildman–Crippen LogP) is 4.86. The number of hydrogen-bond donors (Lipinski definition) is 0. The Balaban J connectivity index is 1.97. The summed E-state index contributed by atoms with van der Waals surface area (Å²) >= 11 is 6.30. The molecule has 0 amide bonds. The van der Waals surface area contributed by atoms with Crippen LogP contribution in [0.4, 0.5) is 0 Å². The molecule has 2 aliphatic carbocycles. The molecule has 0 spiro atoms. The van der Waals surface area contributed by atoms with E-state index in [9.17, 15) is 0 Å². The molecule has 15 heavy (non-hydrogen) atoms. The SMILES string of the molecule is CCCC(C)CC1(CCl)CC2CCC1C2. The summed E-state index contributed by atoms with van der Waals surface area (Å²) in [6.45, 7) is 4.72. The molecule has 0 aromatic heterocycles. The first-order chi connectivity index (χ1) is 7.20. The van der Waals surface area contributed by atoms with E-state index in [4.69, 9.17) is 11.6 Å². The van der Waals surface area contributed by atoms with Crippen LogP contribution in [0.15, 0.2) is 0 Å². The molecule has 0 aliphatic heterocycles. The van der Waals surface area contributed by atoms with Gasteiger partial charge in [0.1, 0.15) is 0 Å². The van der Waals surface area contributed by atoms with Crippen molar-refractivity contribution in [1.82, 2.24) is 0 Å². The lowest BCUT2D eigenvalue weighted by atomic mass is 9.69. The van der Waals surface area contributed by atoms with Crippen LogP contribution in [0.5, 0.6) is 0 Å². The lowest BCUT2D eigenvalue weighted by molar-refractivity contribution is 0.147. The lowest BCUT2D eigenvalue weighted by Gasteiger charge is -2.38. The average molecular weight is 229 g/mol. The van der Waals surface area contributed by atoms with Crippen molar-refractivity contribution < 1.29 is 0 Å². The van der Waals surface area contributed by atoms with Crippen LogP contribution in [0.3, 0.4) is 0 Å². The standard InChI is InChI=1S/C14H25Cl/c1-3-4-11(2)8-14(10-15)9-12-5-6-13(14)7-12/h11-13H,3-10H2,1-2H3. The molecule has 0 heterocycles. The maximum atomic E-state index is 6.30. The van der Waals surface area contributed by atoms with Gasteiger partial charge in [0, 0.05) is 5.88 Å². The molecule has 2 rings (SSSR count). The highest BCUT2D eigenvalue weighted by Crippen LogP contribution is 2.59. The van der Waals surface area contributed by atoms with E-state index in [0.29, 0.717) is 5.41 Å². The van der Waals surface area contributed by atoms with Gasteiger partial charge in [-0.15, -0.1) is 11.6 Å². The number of halogens is 1. The zero-order valence-corrected chi connectivity index (χ0v) is 11.0. The van der Waals surface area contributed by atoms with Crippen molar-refractivity contribution in [3.05, 3.63) is 0 Å². The molecule has 2 fully saturated rings. The third kappa shape index (κ3) is 2.20. The van der Waals surface area contributed by atoms with Gasteiger partial charge in [-0.25, -0.2) is 0 Å². The second-order valence-corrected chi connectivity index (χ2v) is 6.44. The molecular formula is C14H25Cl. The minimum absolute atomic E-state index is 0.541. The minimum atomic E-state index is 0.541. The van der Waals surface area contributed by atoms with Crippen LogP contribution in [0.1, 0.15) is 58.8 Å². The normalized spacial score (nSPS) is 41.0. The van der Waals surface area contributed by atoms with Crippen molar-refractivity contribution in [3.63, 3.8) is 0 Å². The quantitative estimate of drug-likeness (QED) is 0.590. The first-order valence-corrected chi connectivity index (χ1v) is 7.29. The molecule has 2 bridgehead atoms. The van der Waals surface area contributed by atoms with Crippen LogP contribution in [-0.2, 0) is 0 Å². The average Bonchev–Trinajstić information content (AvgIpc) is 2.78. The van der Waals surface area contributed by atoms with Gasteiger partial charge in [-0.1, -0.05) is 33.1 Å². The summed E-state index contributed by atoms with van der Waals surface area (Å²) in [4.78, 5) is 0. The Morgan fingerprint density at radius 3 is 2.67 bits per heavy atom. The Kier molecular flexibility index (Phi) is 3.65. The van der Waals surface area contributed by atoms with Crippen molar-refractivity contribution in [1.29, 1.82) is 0 Å². The Morgan fingerprint density at radius 1 is 1.40 bits per heavy atom. The zero-order chi connectivity index (χ0) is 10.9. The molecule has 2 aliphatic rings. The van der Waals surface area contributed by atoms with E-state index in [1.165, 1.54) is 44.9 Å². The third-order valence-electron chi connectivity index (χ3n) is 4.91. The van der Waals surface area contributed by atoms with Crippen molar-refractivity contribution in [2.45, 2.75) is 58.8 Å². The fraction of sp³-hybridized carbons (Fsp3) is 1.00. The smallest absolute Gasteiger partial charge is 0.0282 e. The third-order valence-corrected chi connectivity index (χ3v) is 5.44. The number of rotatable bonds is 5. The van der Waals surface area contributed by atoms with Gasteiger partial charge < -0.3 is 0 Å². The summed E-state index contributed by atoms with van der Waals surface area (Å²) in [7, 11) is 0. The predicted molar refractivity (Wildman–Crippen MR) is 67.3 cm³/mol. The van der Waals surface area contributed by atoms with E-state index in [2.05, 4.69) is 13.8 Å². The molecule has 0 aromatic rings. The molecule has 1 heteroatoms. The summed E-state index contributed by atoms with van der Waals surface area (Å²) in [5, 5.41) is 0. The maximum Gasteiger partial charge on any atom is 0.0282 e. The first-order valence-electron chi connectivity index (χ1n) is 6.76. The Labute approximate surface area is 99.8 Å². The van der Waals surface area contributed by atoms with Gasteiger partial charge in [-0.05, 0) is 48.9 Å². The van der Waals surface area contributed by atoms with Crippen LogP contribution in [-0.4, -0.2) is 5.88 Å². The van der Waals surface area contributed by atoms with Crippen LogP contribution in [0.2, 0.25) is 0 Å². The summed E-state index contributed by atoms with van der Waals surface area (Å²) < 4.78 is 0. The van der Waals surface area contributed by atoms with E-state index in [1.54, 1.807) is 0 Å². The first kappa shape index (κ1) is 11.8. The van der Waals surface area contributed by atoms with Crippen LogP contribution >= 0.6 is 11.6 Å². The summed E-state index contributed by atoms with van der Waals surface area (Å²) in [6.07, 6.45) is 10.00. The van der Waals surface area contributed by atoms with E-state index >= 15 is 0 Å². The molecule has 4 atom stereocenters. The fourth-order valence-electron chi connectivity index (χ4n) is 4.32. The zero-order valence-electron chi connectivity index (χ0n) is 10.3. The number of hydrogen-bond acceptors (Lipinski definition) is 0. The molecule has 4 unspecified atom stereocenters. The molecule has 88 valence electrons. The highest BCUT2D eigenvalue weighted by molar-refractivity contribution is 6.18. The van der Waals surface area contributed by atoms with E-state index < -0.39 is 0 Å². The van der Waals surface area contributed by atoms with Gasteiger partial charge in [0.25, 0.3) is 0 Å². The number of fused-ring (bicyclic) bond motifs is 2. The molecule has 0 saturated heterocycles. The van der Waals surface area contributed by atoms with Gasteiger partial charge in [0.15, 0.2) is 0 Å². The van der Waals surface area contributed by atoms with Gasteiger partial charge in [-0.3, -0.25) is 0 Å². The second kappa shape index (κ2) is 4.65. The molecule has 0 nitrogen and oxygen atoms in total. The summed E-state index contributed by atoms with van der Waals surface area (Å²) in [6, 6.07) is 0. The Hall–Kier alpha value is 0.290. The topological polar surface area (TPSA) is 0 Å². The van der Waals surface area contributed by atoms with Gasteiger partial charge in [0.2, 0.25) is 0 Å². The molecule has 0 aromatic carbocycles. The van der Waals surface area contributed by atoms with Crippen molar-refractivity contribution in [3.8, 4) is 0 Å². The molecule has 0 N–H and O–H groups in total. The summed E-state index contributed by atoms with van der Waals surface area (Å²) in [5.74, 6) is 3.80. The minimum Gasteiger partial charge on any atom is -0.126 e. The van der Waals surface area contributed by atoms with E-state index in [-0.39, 0.29) is 0 Å². The van der Waals surface area contributed by atoms with Gasteiger partial charge in [0.05, 0.1) is 0 Å². The highest BCUT2D eigenvalue weighted by Gasteiger charge is 2.50. The van der Waals surface area contributed by atoms with Gasteiger partial charge >= 0.3 is 0 Å². The van der Waals surface area contributed by atoms with Crippen LogP contribution < -0.4 is 0 Å². The van der Waals surface area contributed by atoms with E-state index in [0.717, 1.165) is 23.6 Å².